The molecule has 0 atom stereocenters. The van der Waals surface area contributed by atoms with Gasteiger partial charge in [-0.25, -0.2) is 0 Å². The molecule has 27 heavy (non-hydrogen) atoms. The van der Waals surface area contributed by atoms with Crippen molar-refractivity contribution in [1.29, 1.82) is 0 Å². The second kappa shape index (κ2) is 9.38. The Bertz CT molecular complexity index is 846. The maximum absolute atomic E-state index is 12.7. The van der Waals surface area contributed by atoms with Crippen LogP contribution in [0.4, 0.5) is 0 Å². The largest absolute Gasteiger partial charge is 0.467 e. The molecule has 0 unspecified atom stereocenters. The standard InChI is InChI=1S/C19H22N4O3S/c1-15-5-7-16(8-6-15)23-14-20-21-19(23)27-13-18(24)22(9-11-25-2)12-17-4-3-10-26-17/h3-8,10,14H,9,11-13H2,1-2H3. The van der Waals surface area contributed by atoms with Gasteiger partial charge in [0.05, 0.1) is 25.2 Å². The number of thioether (sulfide) groups is 1. The van der Waals surface area contributed by atoms with E-state index in [-0.39, 0.29) is 11.7 Å². The van der Waals surface area contributed by atoms with Crippen LogP contribution in [0.15, 0.2) is 58.6 Å². The Morgan fingerprint density at radius 2 is 2.11 bits per heavy atom. The predicted octanol–water partition coefficient (Wildman–Crippen LogP) is 2.94. The van der Waals surface area contributed by atoms with Gasteiger partial charge >= 0.3 is 0 Å². The van der Waals surface area contributed by atoms with Crippen LogP contribution in [0.1, 0.15) is 11.3 Å². The zero-order valence-corrected chi connectivity index (χ0v) is 16.2. The number of amides is 1. The van der Waals surface area contributed by atoms with E-state index < -0.39 is 0 Å². The van der Waals surface area contributed by atoms with Crippen LogP contribution in [0.3, 0.4) is 0 Å². The number of aromatic nitrogens is 3. The lowest BCUT2D eigenvalue weighted by atomic mass is 10.2. The molecule has 7 nitrogen and oxygen atoms in total. The number of hydrogen-bond donors (Lipinski definition) is 0. The minimum Gasteiger partial charge on any atom is -0.467 e. The molecule has 142 valence electrons. The molecule has 1 aromatic carbocycles. The molecule has 0 saturated heterocycles. The minimum atomic E-state index is -0.00749. The first-order valence-corrected chi connectivity index (χ1v) is 9.55. The number of carbonyl (C=O) groups excluding carboxylic acids is 1. The highest BCUT2D eigenvalue weighted by Crippen LogP contribution is 2.20. The van der Waals surface area contributed by atoms with E-state index in [4.69, 9.17) is 9.15 Å². The van der Waals surface area contributed by atoms with Gasteiger partial charge in [-0.15, -0.1) is 10.2 Å². The Balaban J connectivity index is 1.65. The number of furan rings is 1. The molecule has 0 saturated carbocycles. The van der Waals surface area contributed by atoms with Gasteiger partial charge in [-0.1, -0.05) is 29.5 Å². The molecule has 0 fully saturated rings. The van der Waals surface area contributed by atoms with Crippen molar-refractivity contribution in [3.63, 3.8) is 0 Å². The normalized spacial score (nSPS) is 10.9. The number of aryl methyl sites for hydroxylation is 1. The second-order valence-electron chi connectivity index (χ2n) is 6.00. The Labute approximate surface area is 162 Å². The van der Waals surface area contributed by atoms with E-state index >= 15 is 0 Å². The summed E-state index contributed by atoms with van der Waals surface area (Å²) in [6, 6.07) is 11.7. The van der Waals surface area contributed by atoms with Crippen molar-refractivity contribution >= 4 is 17.7 Å². The second-order valence-corrected chi connectivity index (χ2v) is 6.94. The van der Waals surface area contributed by atoms with Gasteiger partial charge in [-0.2, -0.15) is 0 Å². The fraction of sp³-hybridized carbons (Fsp3) is 0.316. The summed E-state index contributed by atoms with van der Waals surface area (Å²) in [6.07, 6.45) is 3.26. The van der Waals surface area contributed by atoms with Crippen LogP contribution in [0, 0.1) is 6.92 Å². The molecule has 2 heterocycles. The predicted molar refractivity (Wildman–Crippen MR) is 103 cm³/mol. The molecule has 0 aliphatic heterocycles. The van der Waals surface area contributed by atoms with Gasteiger partial charge < -0.3 is 14.1 Å². The third kappa shape index (κ3) is 5.21. The Morgan fingerprint density at radius 3 is 2.81 bits per heavy atom. The van der Waals surface area contributed by atoms with Crippen LogP contribution >= 0.6 is 11.8 Å². The summed E-state index contributed by atoms with van der Waals surface area (Å²) in [5.41, 5.74) is 2.15. The average Bonchev–Trinajstić information content (AvgIpc) is 3.35. The van der Waals surface area contributed by atoms with Gasteiger partial charge in [0.25, 0.3) is 0 Å². The molecule has 0 bridgehead atoms. The number of methoxy groups -OCH3 is 1. The highest BCUT2D eigenvalue weighted by molar-refractivity contribution is 7.99. The lowest BCUT2D eigenvalue weighted by molar-refractivity contribution is -0.129. The van der Waals surface area contributed by atoms with E-state index in [9.17, 15) is 4.79 Å². The van der Waals surface area contributed by atoms with E-state index in [0.717, 1.165) is 11.4 Å². The highest BCUT2D eigenvalue weighted by Gasteiger charge is 2.17. The Hall–Kier alpha value is -2.58. The third-order valence-corrected chi connectivity index (χ3v) is 4.93. The molecule has 3 rings (SSSR count). The molecule has 1 amide bonds. The van der Waals surface area contributed by atoms with Crippen molar-refractivity contribution in [2.75, 3.05) is 26.0 Å². The first kappa shape index (κ1) is 19.2. The van der Waals surface area contributed by atoms with Gasteiger partial charge in [-0.05, 0) is 31.2 Å². The van der Waals surface area contributed by atoms with Crippen LogP contribution in [0.5, 0.6) is 0 Å². The number of rotatable bonds is 9. The quantitative estimate of drug-likeness (QED) is 0.527. The lowest BCUT2D eigenvalue weighted by Gasteiger charge is -2.21. The monoisotopic (exact) mass is 386 g/mol. The maximum atomic E-state index is 12.7. The minimum absolute atomic E-state index is 0.00749. The molecular formula is C19H22N4O3S. The molecule has 2 aromatic heterocycles. The maximum Gasteiger partial charge on any atom is 0.233 e. The molecule has 3 aromatic rings. The number of ether oxygens (including phenoxy) is 1. The summed E-state index contributed by atoms with van der Waals surface area (Å²) in [5, 5.41) is 8.81. The Kier molecular flexibility index (Phi) is 6.67. The van der Waals surface area contributed by atoms with Crippen LogP contribution in [0.2, 0.25) is 0 Å². The van der Waals surface area contributed by atoms with Crippen molar-refractivity contribution in [2.45, 2.75) is 18.6 Å². The number of hydrogen-bond acceptors (Lipinski definition) is 6. The summed E-state index contributed by atoms with van der Waals surface area (Å²) in [7, 11) is 1.62. The van der Waals surface area contributed by atoms with Crippen molar-refractivity contribution in [1.82, 2.24) is 19.7 Å². The number of benzene rings is 1. The van der Waals surface area contributed by atoms with E-state index in [1.807, 2.05) is 47.9 Å². The molecular weight excluding hydrogens is 364 g/mol. The van der Waals surface area contributed by atoms with Crippen molar-refractivity contribution in [2.24, 2.45) is 0 Å². The van der Waals surface area contributed by atoms with Crippen LogP contribution in [-0.2, 0) is 16.1 Å². The fourth-order valence-corrected chi connectivity index (χ4v) is 3.34. The van der Waals surface area contributed by atoms with Crippen molar-refractivity contribution in [3.05, 3.63) is 60.3 Å². The van der Waals surface area contributed by atoms with Crippen molar-refractivity contribution < 1.29 is 13.9 Å². The van der Waals surface area contributed by atoms with Crippen molar-refractivity contribution in [3.8, 4) is 5.69 Å². The number of nitrogens with zero attached hydrogens (tertiary/aromatic N) is 4. The van der Waals surface area contributed by atoms with Crippen LogP contribution in [-0.4, -0.2) is 51.6 Å². The zero-order valence-electron chi connectivity index (χ0n) is 15.4. The van der Waals surface area contributed by atoms with Crippen LogP contribution in [0.25, 0.3) is 5.69 Å². The van der Waals surface area contributed by atoms with Gasteiger partial charge in [0.15, 0.2) is 5.16 Å². The lowest BCUT2D eigenvalue weighted by Crippen LogP contribution is -2.34. The van der Waals surface area contributed by atoms with E-state index in [2.05, 4.69) is 10.2 Å². The summed E-state index contributed by atoms with van der Waals surface area (Å²) < 4.78 is 12.4. The molecule has 0 aliphatic rings. The zero-order chi connectivity index (χ0) is 19.1. The molecule has 8 heteroatoms. The number of carbonyl (C=O) groups is 1. The fourth-order valence-electron chi connectivity index (χ4n) is 2.51. The molecule has 0 spiro atoms. The summed E-state index contributed by atoms with van der Waals surface area (Å²) in [4.78, 5) is 14.4. The Morgan fingerprint density at radius 1 is 1.30 bits per heavy atom. The summed E-state index contributed by atoms with van der Waals surface area (Å²) >= 11 is 1.36. The van der Waals surface area contributed by atoms with Gasteiger partial charge in [0.1, 0.15) is 12.1 Å². The average molecular weight is 386 g/mol. The summed E-state index contributed by atoms with van der Waals surface area (Å²) in [6.45, 7) is 3.43. The molecule has 0 aliphatic carbocycles. The summed E-state index contributed by atoms with van der Waals surface area (Å²) in [5.74, 6) is 0.994. The third-order valence-electron chi connectivity index (χ3n) is 4.00. The smallest absolute Gasteiger partial charge is 0.233 e. The van der Waals surface area contributed by atoms with E-state index in [0.29, 0.717) is 24.9 Å². The first-order chi connectivity index (χ1) is 13.2. The van der Waals surface area contributed by atoms with Gasteiger partial charge in [-0.3, -0.25) is 9.36 Å². The molecule has 0 N–H and O–H groups in total. The highest BCUT2D eigenvalue weighted by atomic mass is 32.2. The molecule has 0 radical (unpaired) electrons. The van der Waals surface area contributed by atoms with Gasteiger partial charge in [0.2, 0.25) is 5.91 Å². The topological polar surface area (TPSA) is 73.4 Å². The van der Waals surface area contributed by atoms with Gasteiger partial charge in [0, 0.05) is 19.3 Å². The van der Waals surface area contributed by atoms with Crippen LogP contribution < -0.4 is 0 Å². The SMILES string of the molecule is COCCN(Cc1ccco1)C(=O)CSc1nncn1-c1ccc(C)cc1. The van der Waals surface area contributed by atoms with E-state index in [1.165, 1.54) is 17.3 Å². The van der Waals surface area contributed by atoms with E-state index in [1.54, 1.807) is 24.6 Å². The first-order valence-electron chi connectivity index (χ1n) is 8.56.